The number of hydrogen-bond acceptors (Lipinski definition) is 20. The molecule has 0 bridgehead atoms. The van der Waals surface area contributed by atoms with Gasteiger partial charge in [0.15, 0.2) is 0 Å². The molecule has 24 nitrogen and oxygen atoms in total. The van der Waals surface area contributed by atoms with Crippen molar-refractivity contribution in [2.45, 2.75) is 392 Å². The molecule has 2 aliphatic rings. The Kier molecular flexibility index (Phi) is 92.5. The maximum Gasteiger partial charge on any atom is 0.519 e. The second-order valence-corrected chi connectivity index (χ2v) is 41.7. The third-order valence-corrected chi connectivity index (χ3v) is 21.6. The first kappa shape index (κ1) is 147. The van der Waals surface area contributed by atoms with Gasteiger partial charge in [0.25, 0.3) is 0 Å². The van der Waals surface area contributed by atoms with Crippen LogP contribution in [-0.2, 0) is 101 Å². The van der Waals surface area contributed by atoms with Crippen LogP contribution in [0.5, 0.6) is 0 Å². The predicted octanol–water partition coefficient (Wildman–Crippen LogP) is 29.9. The van der Waals surface area contributed by atoms with Gasteiger partial charge in [-0.25, -0.2) is 19.2 Å². The van der Waals surface area contributed by atoms with E-state index in [9.17, 15) is 43.5 Å². The second kappa shape index (κ2) is 90.5. The zero-order valence-corrected chi connectivity index (χ0v) is 97.5. The number of ketones is 1. The molecule has 0 saturated carbocycles. The predicted molar refractivity (Wildman–Crippen MR) is 612 cm³/mol. The molecule has 0 aliphatic carbocycles. The van der Waals surface area contributed by atoms with Crippen molar-refractivity contribution in [2.75, 3.05) is 52.6 Å². The van der Waals surface area contributed by atoms with Crippen molar-refractivity contribution in [3.8, 4) is 0 Å². The van der Waals surface area contributed by atoms with Gasteiger partial charge in [-0.2, -0.15) is 0 Å². The first-order chi connectivity index (χ1) is 66.5. The number of halogens is 5. The van der Waals surface area contributed by atoms with Crippen molar-refractivity contribution in [1.29, 1.82) is 0 Å². The minimum absolute atomic E-state index is 0. The molecule has 30 heteroatoms. The van der Waals surface area contributed by atoms with E-state index in [0.717, 1.165) is 215 Å². The number of ether oxygens (including phenoxy) is 8. The Hall–Kier alpha value is -7.55. The molecule has 818 valence electrons. The number of rotatable bonds is 40. The Labute approximate surface area is 909 Å². The Morgan fingerprint density at radius 2 is 0.819 bits per heavy atom. The Bertz CT molecular complexity index is 4230. The molecule has 1 atom stereocenters. The first-order valence-corrected chi connectivity index (χ1v) is 53.9. The highest BCUT2D eigenvalue weighted by Gasteiger charge is 2.29. The maximum absolute atomic E-state index is 11.7. The van der Waals surface area contributed by atoms with E-state index in [0.29, 0.717) is 38.3 Å². The van der Waals surface area contributed by atoms with Crippen LogP contribution in [0.1, 0.15) is 364 Å². The number of amides is 3. The van der Waals surface area contributed by atoms with Crippen molar-refractivity contribution in [1.82, 2.24) is 16.8 Å². The van der Waals surface area contributed by atoms with E-state index in [2.05, 4.69) is 198 Å². The molecular formula is C114H186BBr4ClN6O18. The SMILES string of the molecule is C.C1CCOC1.CC(C)(C)OC(=O)NCCCc1cccc(Br)c1.CC(C)(C)OC(=O)OC(=O)OC(C)(C)C.CCC/C=C(\CCCC)c1cccc(CCCN)c1.CCCCC(=O)CCCC.CCCCC(O)(CCCC)c1cccc(CCCNC(=O)OC(C)(C)C)c1.CCOC(C)=O.Cl.N.NC(=O)CCc1cccc(Br)c1.NCCCc1cccc(Br)c1.O=C(O)CCc1cccc(Br)c1.[B]C1CCCO1. The number of hydrogen-bond donors (Lipinski definition) is 8. The minimum atomic E-state index is -1.06. The van der Waals surface area contributed by atoms with Crippen LogP contribution in [0.4, 0.5) is 19.2 Å². The van der Waals surface area contributed by atoms with Gasteiger partial charge in [-0.05, 0) is 337 Å². The van der Waals surface area contributed by atoms with E-state index in [1.54, 1.807) is 48.5 Å². The van der Waals surface area contributed by atoms with Gasteiger partial charge in [0, 0.05) is 89.4 Å². The molecule has 8 rings (SSSR count). The molecule has 2 heterocycles. The highest BCUT2D eigenvalue weighted by atomic mass is 79.9. The average Bonchev–Trinajstić information content (AvgIpc) is 0.882. The number of carbonyl (C=O) groups is 8. The van der Waals surface area contributed by atoms with E-state index in [4.69, 9.17) is 58.6 Å². The lowest BCUT2D eigenvalue weighted by molar-refractivity contribution is -0.140. The number of benzene rings is 6. The summed E-state index contributed by atoms with van der Waals surface area (Å²) in [7, 11) is 5.31. The average molecular weight is 2290 g/mol. The quantitative estimate of drug-likeness (QED) is 0.00582. The summed E-state index contributed by atoms with van der Waals surface area (Å²) in [5.74, 6) is -0.772. The van der Waals surface area contributed by atoms with Crippen molar-refractivity contribution >= 4 is 138 Å². The van der Waals surface area contributed by atoms with Crippen LogP contribution in [0.25, 0.3) is 5.57 Å². The molecular weight excluding hydrogens is 2110 g/mol. The smallest absolute Gasteiger partial charge is 0.481 e. The van der Waals surface area contributed by atoms with Gasteiger partial charge in [0.05, 0.1) is 12.2 Å². The Morgan fingerprint density at radius 3 is 1.12 bits per heavy atom. The monoisotopic (exact) mass is 2290 g/mol. The molecule has 13 N–H and O–H groups in total. The number of carbonyl (C=O) groups excluding carboxylic acids is 7. The van der Waals surface area contributed by atoms with Crippen molar-refractivity contribution < 1.29 is 86.5 Å². The van der Waals surface area contributed by atoms with Crippen molar-refractivity contribution in [3.05, 3.63) is 214 Å². The molecule has 0 spiro atoms. The summed E-state index contributed by atoms with van der Waals surface area (Å²) in [6.07, 6.45) is 32.1. The zero-order valence-electron chi connectivity index (χ0n) is 90.4. The van der Waals surface area contributed by atoms with Crippen LogP contribution in [0, 0.1) is 0 Å². The fourth-order valence-corrected chi connectivity index (χ4v) is 14.4. The highest BCUT2D eigenvalue weighted by Crippen LogP contribution is 2.34. The number of Topliss-reactive ketones (excluding diaryl/α,β-unsaturated/α-hetero) is 1. The second-order valence-electron chi connectivity index (χ2n) is 38.1. The molecule has 144 heavy (non-hydrogen) atoms. The number of primary amides is 1. The number of nitrogens with one attached hydrogen (secondary N) is 2. The topological polar surface area (TPSA) is 388 Å². The Balaban J connectivity index is -0.000000373. The van der Waals surface area contributed by atoms with Gasteiger partial charge in [0.1, 0.15) is 36.0 Å². The van der Waals surface area contributed by atoms with Gasteiger partial charge in [-0.1, -0.05) is 267 Å². The van der Waals surface area contributed by atoms with Crippen molar-refractivity contribution in [3.63, 3.8) is 0 Å². The van der Waals surface area contributed by atoms with Crippen LogP contribution in [0.3, 0.4) is 0 Å². The summed E-state index contributed by atoms with van der Waals surface area (Å²) < 4.78 is 42.7. The number of carboxylic acid groups (broad SMARTS) is 1. The van der Waals surface area contributed by atoms with Crippen molar-refractivity contribution in [2.24, 2.45) is 17.2 Å². The number of aryl methyl sites for hydroxylation is 6. The summed E-state index contributed by atoms with van der Waals surface area (Å²) in [5, 5.41) is 25.2. The number of alkyl carbamates (subject to hydrolysis) is 2. The van der Waals surface area contributed by atoms with Crippen LogP contribution < -0.4 is 34.0 Å². The highest BCUT2D eigenvalue weighted by molar-refractivity contribution is 9.11. The third-order valence-electron chi connectivity index (χ3n) is 19.6. The fourth-order valence-electron chi connectivity index (χ4n) is 12.6. The summed E-state index contributed by atoms with van der Waals surface area (Å²) in [6.45, 7) is 43.5. The molecule has 0 aromatic heterocycles. The van der Waals surface area contributed by atoms with Gasteiger partial charge in [-0.3, -0.25) is 19.2 Å². The molecule has 2 radical (unpaired) electrons. The number of unbranched alkanes of at least 4 members (excludes halogenated alkanes) is 6. The third kappa shape index (κ3) is 94.2. The number of nitrogens with two attached hydrogens (primary N) is 3. The van der Waals surface area contributed by atoms with E-state index in [-0.39, 0.29) is 62.5 Å². The van der Waals surface area contributed by atoms with Gasteiger partial charge >= 0.3 is 36.4 Å². The lowest BCUT2D eigenvalue weighted by Gasteiger charge is -2.29. The summed E-state index contributed by atoms with van der Waals surface area (Å²) in [6, 6.07) is 49.5. The lowest BCUT2D eigenvalue weighted by atomic mass is 9.83. The first-order valence-electron chi connectivity index (χ1n) is 50.7. The largest absolute Gasteiger partial charge is 0.519 e. The maximum atomic E-state index is 11.7. The van der Waals surface area contributed by atoms with Crippen LogP contribution in [-0.4, -0.2) is 147 Å². The minimum Gasteiger partial charge on any atom is -0.481 e. The molecule has 6 aromatic rings. The number of aliphatic carboxylic acids is 1. The van der Waals surface area contributed by atoms with Gasteiger partial charge in [0.2, 0.25) is 5.91 Å². The van der Waals surface area contributed by atoms with Crippen LogP contribution in [0.2, 0.25) is 0 Å². The lowest BCUT2D eigenvalue weighted by Crippen LogP contribution is -2.33. The van der Waals surface area contributed by atoms with E-state index < -0.39 is 46.3 Å². The Morgan fingerprint density at radius 1 is 0.458 bits per heavy atom. The standard InChI is InChI=1S/C23H39NO3.C18H29N.C14H20BrNO2.C10H18O5.C9H10BrNO.C9H12BrN.C9H9BrO2.C9H18O.C4H7BO.C4H8O2.C4H8O.CH4.ClH.H3N/c1-6-8-15-23(26,16-9-7-2)20-14-10-12-19(18-20)13-11-17-24-21(25)27-22(3,4)5;1-3-5-11-17(12-6-4-2)18-13-7-9-16(15-18)10-8-14-19;1-14(2,3)18-13(17)16-9-5-7-11-6-4-8-12(15)10-11;1-9(2,3)14-7(11)13-8(12)15-10(4,5)6;10-8-3-1-2-7(6-8)4-5-9(11)12;10-9-5-1-3-8(7-9)4-2-6-11;10-8-3-1-2-7(6-8)4-5-9(11)12;1-3-5-7-9(10)8-6-4-2;5-4-2-1-3-6-4;1-3-6-4(2)5;1-2-4-5-3-1;;;/h10,12,14,18,26H,6-9,11,13,15-17H2,1-5H3,(H,24,25);7,9,11,13,15H,3-6,8,10,12,14,19H2,1-2H3;4,6,8,10H,5,7,9H2,1-3H3,(H,16,17);1-6H3;1-3,6H,4-5H2,(H2,11,12);1,3,5,7H,2,4,6,11H2;1-3,6H,4-5H2,(H,11,12);3-8H2,1-2H3;4H,1-3H2;3H2,1-2H3;1-4H2;1H4;1H;1H3/b;17-11+;;;;;;;;;;;;. The van der Waals surface area contributed by atoms with Gasteiger partial charge in [-0.15, -0.1) is 12.4 Å². The van der Waals surface area contributed by atoms with E-state index >= 15 is 0 Å². The fraction of sp³-hybridized carbons (Fsp3) is 0.596. The molecule has 1 unspecified atom stereocenters. The summed E-state index contributed by atoms with van der Waals surface area (Å²) in [5.41, 5.74) is 24.4. The van der Waals surface area contributed by atoms with Crippen LogP contribution in [0.15, 0.2) is 170 Å². The van der Waals surface area contributed by atoms with Crippen LogP contribution >= 0.6 is 76.1 Å². The molecule has 2 aliphatic heterocycles. The van der Waals surface area contributed by atoms with E-state index in [1.165, 1.54) is 85.3 Å². The van der Waals surface area contributed by atoms with Gasteiger partial charge < -0.3 is 82.1 Å². The molecule has 6 aromatic carbocycles. The molecule has 2 saturated heterocycles. The number of carboxylic acids is 1. The molecule has 3 amide bonds. The zero-order chi connectivity index (χ0) is 107. The number of aliphatic hydroxyl groups is 1. The molecule has 2 fully saturated rings. The normalized spacial score (nSPS) is 12.1. The number of allylic oxidation sites excluding steroid dienone is 2. The number of esters is 1. The summed E-state index contributed by atoms with van der Waals surface area (Å²) >= 11 is 13.5. The van der Waals surface area contributed by atoms with E-state index in [1.807, 2.05) is 120 Å². The summed E-state index contributed by atoms with van der Waals surface area (Å²) in [4.78, 5) is 86.6.